The van der Waals surface area contributed by atoms with E-state index in [4.69, 9.17) is 4.74 Å². The monoisotopic (exact) mass is 390 g/mol. The Morgan fingerprint density at radius 1 is 1.00 bits per heavy atom. The van der Waals surface area contributed by atoms with Crippen LogP contribution in [0.5, 0.6) is 0 Å². The molecule has 1 heterocycles. The second-order valence-electron chi connectivity index (χ2n) is 6.83. The van der Waals surface area contributed by atoms with Crippen molar-refractivity contribution in [2.45, 2.75) is 20.8 Å². The molecule has 0 aliphatic carbocycles. The Labute approximate surface area is 168 Å². The molecule has 0 saturated heterocycles. The van der Waals surface area contributed by atoms with E-state index in [0.717, 1.165) is 11.1 Å². The standard InChI is InChI=1S/C23H21NO5/c1-13-5-10-18(11-14(13)2)24-15(3)20(23(28)29-4)19(21(24)25)12-16-6-8-17(9-7-16)22(26)27/h5-12H,1-4H3,(H,26,27)/p-1/b19-12-. The highest BCUT2D eigenvalue weighted by molar-refractivity contribution is 6.23. The van der Waals surface area contributed by atoms with Gasteiger partial charge < -0.3 is 14.6 Å². The van der Waals surface area contributed by atoms with Crippen LogP contribution in [0.1, 0.15) is 34.0 Å². The van der Waals surface area contributed by atoms with Gasteiger partial charge in [0.15, 0.2) is 0 Å². The third-order valence-corrected chi connectivity index (χ3v) is 5.00. The van der Waals surface area contributed by atoms with E-state index >= 15 is 0 Å². The van der Waals surface area contributed by atoms with Gasteiger partial charge in [-0.05, 0) is 61.2 Å². The number of esters is 1. The number of carbonyl (C=O) groups is 3. The van der Waals surface area contributed by atoms with Crippen LogP contribution in [0.4, 0.5) is 5.69 Å². The molecule has 0 spiro atoms. The molecule has 3 rings (SSSR count). The van der Waals surface area contributed by atoms with Crippen LogP contribution in [0, 0.1) is 13.8 Å². The molecule has 1 aliphatic rings. The van der Waals surface area contributed by atoms with Gasteiger partial charge in [0.05, 0.1) is 24.2 Å². The fraction of sp³-hybridized carbons (Fsp3) is 0.174. The molecule has 6 heteroatoms. The van der Waals surface area contributed by atoms with Crippen LogP contribution >= 0.6 is 0 Å². The average molecular weight is 390 g/mol. The van der Waals surface area contributed by atoms with Crippen LogP contribution in [0.15, 0.2) is 59.3 Å². The number of benzene rings is 2. The highest BCUT2D eigenvalue weighted by Gasteiger charge is 2.37. The Morgan fingerprint density at radius 2 is 1.66 bits per heavy atom. The van der Waals surface area contributed by atoms with E-state index in [1.165, 1.54) is 24.1 Å². The molecular formula is C23H20NO5-. The number of amides is 1. The molecule has 0 atom stereocenters. The fourth-order valence-electron chi connectivity index (χ4n) is 3.24. The molecule has 0 unspecified atom stereocenters. The summed E-state index contributed by atoms with van der Waals surface area (Å²) in [5.74, 6) is -2.25. The number of nitrogens with zero attached hydrogens (tertiary/aromatic N) is 1. The molecule has 0 saturated carbocycles. The van der Waals surface area contributed by atoms with E-state index < -0.39 is 11.9 Å². The van der Waals surface area contributed by atoms with E-state index in [9.17, 15) is 19.5 Å². The van der Waals surface area contributed by atoms with Crippen molar-refractivity contribution in [2.75, 3.05) is 12.0 Å². The molecule has 6 nitrogen and oxygen atoms in total. The Hall–Kier alpha value is -3.67. The lowest BCUT2D eigenvalue weighted by molar-refractivity contribution is -0.255. The largest absolute Gasteiger partial charge is 0.545 e. The first kappa shape index (κ1) is 20.1. The Kier molecular flexibility index (Phi) is 5.37. The predicted octanol–water partition coefficient (Wildman–Crippen LogP) is 2.54. The van der Waals surface area contributed by atoms with Crippen LogP contribution in [0.25, 0.3) is 6.08 Å². The lowest BCUT2D eigenvalue weighted by Crippen LogP contribution is -2.24. The molecule has 0 N–H and O–H groups in total. The number of hydrogen-bond acceptors (Lipinski definition) is 5. The maximum absolute atomic E-state index is 13.2. The molecule has 0 aromatic heterocycles. The molecule has 0 fully saturated rings. The van der Waals surface area contributed by atoms with Gasteiger partial charge in [0.25, 0.3) is 5.91 Å². The van der Waals surface area contributed by atoms with Gasteiger partial charge in [-0.3, -0.25) is 9.69 Å². The van der Waals surface area contributed by atoms with Crippen LogP contribution in [0.3, 0.4) is 0 Å². The second kappa shape index (κ2) is 7.75. The van der Waals surface area contributed by atoms with Crippen molar-refractivity contribution in [3.05, 3.63) is 81.6 Å². The van der Waals surface area contributed by atoms with Crippen LogP contribution in [-0.2, 0) is 14.3 Å². The number of ether oxygens (including phenoxy) is 1. The van der Waals surface area contributed by atoms with E-state index in [1.807, 2.05) is 32.0 Å². The maximum Gasteiger partial charge on any atom is 0.340 e. The zero-order valence-corrected chi connectivity index (χ0v) is 16.6. The Bertz CT molecular complexity index is 1080. The topological polar surface area (TPSA) is 86.7 Å². The molecule has 0 bridgehead atoms. The van der Waals surface area contributed by atoms with Gasteiger partial charge in [-0.15, -0.1) is 0 Å². The first-order chi connectivity index (χ1) is 13.7. The molecule has 29 heavy (non-hydrogen) atoms. The Balaban J connectivity index is 2.11. The van der Waals surface area contributed by atoms with Crippen molar-refractivity contribution in [1.82, 2.24) is 0 Å². The number of hydrogen-bond donors (Lipinski definition) is 0. The number of rotatable bonds is 4. The second-order valence-corrected chi connectivity index (χ2v) is 6.83. The number of carbonyl (C=O) groups excluding carboxylic acids is 3. The number of anilines is 1. The zero-order chi connectivity index (χ0) is 21.3. The van der Waals surface area contributed by atoms with Crippen LogP contribution in [-0.4, -0.2) is 25.0 Å². The lowest BCUT2D eigenvalue weighted by atomic mass is 10.0. The first-order valence-corrected chi connectivity index (χ1v) is 8.99. The van der Waals surface area contributed by atoms with E-state index in [2.05, 4.69) is 0 Å². The van der Waals surface area contributed by atoms with Gasteiger partial charge in [0.1, 0.15) is 0 Å². The summed E-state index contributed by atoms with van der Waals surface area (Å²) in [6.45, 7) is 5.63. The number of carboxylic acids is 1. The van der Waals surface area contributed by atoms with Gasteiger partial charge in [-0.1, -0.05) is 30.3 Å². The summed E-state index contributed by atoms with van der Waals surface area (Å²) in [6, 6.07) is 11.5. The van der Waals surface area contributed by atoms with Gasteiger partial charge >= 0.3 is 5.97 Å². The highest BCUT2D eigenvalue weighted by atomic mass is 16.5. The van der Waals surface area contributed by atoms with Crippen LogP contribution < -0.4 is 10.0 Å². The van der Waals surface area contributed by atoms with Gasteiger partial charge in [0.2, 0.25) is 0 Å². The van der Waals surface area contributed by atoms with Crippen molar-refractivity contribution in [1.29, 1.82) is 0 Å². The lowest BCUT2D eigenvalue weighted by Gasteiger charge is -2.19. The quantitative estimate of drug-likeness (QED) is 0.591. The highest BCUT2D eigenvalue weighted by Crippen LogP contribution is 2.36. The summed E-state index contributed by atoms with van der Waals surface area (Å²) in [7, 11) is 1.26. The number of aryl methyl sites for hydroxylation is 2. The predicted molar refractivity (Wildman–Crippen MR) is 107 cm³/mol. The number of methoxy groups -OCH3 is 1. The molecule has 2 aromatic carbocycles. The Morgan fingerprint density at radius 3 is 2.21 bits per heavy atom. The molecule has 0 radical (unpaired) electrons. The third kappa shape index (κ3) is 3.69. The minimum absolute atomic E-state index is 0.0292. The SMILES string of the molecule is COC(=O)C1=C(C)N(c2ccc(C)c(C)c2)C(=O)/C1=C\c1ccc(C(=O)[O-])cc1. The molecule has 1 aliphatic heterocycles. The molecule has 2 aromatic rings. The van der Waals surface area contributed by atoms with Gasteiger partial charge in [-0.25, -0.2) is 4.79 Å². The van der Waals surface area contributed by atoms with Gasteiger partial charge in [-0.2, -0.15) is 0 Å². The molecular weight excluding hydrogens is 370 g/mol. The van der Waals surface area contributed by atoms with Crippen molar-refractivity contribution in [2.24, 2.45) is 0 Å². The van der Waals surface area contributed by atoms with Crippen molar-refractivity contribution < 1.29 is 24.2 Å². The minimum atomic E-state index is -1.28. The minimum Gasteiger partial charge on any atom is -0.545 e. The third-order valence-electron chi connectivity index (χ3n) is 5.00. The summed E-state index contributed by atoms with van der Waals surface area (Å²) in [4.78, 5) is 38.1. The number of allylic oxidation sites excluding steroid dienone is 1. The summed E-state index contributed by atoms with van der Waals surface area (Å²) < 4.78 is 4.90. The van der Waals surface area contributed by atoms with E-state index in [0.29, 0.717) is 16.9 Å². The fourth-order valence-corrected chi connectivity index (χ4v) is 3.24. The summed E-state index contributed by atoms with van der Waals surface area (Å²) >= 11 is 0. The smallest absolute Gasteiger partial charge is 0.340 e. The van der Waals surface area contributed by atoms with Crippen LogP contribution in [0.2, 0.25) is 0 Å². The van der Waals surface area contributed by atoms with E-state index in [1.54, 1.807) is 25.1 Å². The average Bonchev–Trinajstić information content (AvgIpc) is 2.94. The van der Waals surface area contributed by atoms with E-state index in [-0.39, 0.29) is 22.6 Å². The normalized spacial score (nSPS) is 15.2. The number of carboxylic acid groups (broad SMARTS) is 1. The first-order valence-electron chi connectivity index (χ1n) is 8.99. The molecule has 1 amide bonds. The van der Waals surface area contributed by atoms with Gasteiger partial charge in [0, 0.05) is 11.4 Å². The maximum atomic E-state index is 13.2. The summed E-state index contributed by atoms with van der Waals surface area (Å²) in [6.07, 6.45) is 1.55. The summed E-state index contributed by atoms with van der Waals surface area (Å²) in [5, 5.41) is 10.9. The van der Waals surface area contributed by atoms with Crippen molar-refractivity contribution >= 4 is 29.6 Å². The van der Waals surface area contributed by atoms with Crippen molar-refractivity contribution in [3.63, 3.8) is 0 Å². The number of aromatic carboxylic acids is 1. The molecule has 148 valence electrons. The van der Waals surface area contributed by atoms with Crippen molar-refractivity contribution in [3.8, 4) is 0 Å². The zero-order valence-electron chi connectivity index (χ0n) is 16.6. The summed E-state index contributed by atoms with van der Waals surface area (Å²) in [5.41, 5.74) is 4.23.